The Labute approximate surface area is 135 Å². The molecule has 146 valence electrons. The SMILES string of the molecule is O=C(/C=C(\[O-])c1c(F)c(F)c(F)c(F)c1F)OC(C(F)(F)F)C(F)(F)F. The number of esters is 1. The minimum Gasteiger partial charge on any atom is -0.872 e. The van der Waals surface area contributed by atoms with E-state index >= 15 is 0 Å². The van der Waals surface area contributed by atoms with E-state index in [1.807, 2.05) is 0 Å². The van der Waals surface area contributed by atoms with Crippen molar-refractivity contribution in [3.63, 3.8) is 0 Å². The molecule has 0 saturated carbocycles. The van der Waals surface area contributed by atoms with Gasteiger partial charge in [-0.2, -0.15) is 26.3 Å². The monoisotopic (exact) mass is 403 g/mol. The Morgan fingerprint density at radius 1 is 0.808 bits per heavy atom. The van der Waals surface area contributed by atoms with Gasteiger partial charge in [0.25, 0.3) is 6.10 Å². The van der Waals surface area contributed by atoms with E-state index in [-0.39, 0.29) is 0 Å². The Morgan fingerprint density at radius 2 is 1.15 bits per heavy atom. The van der Waals surface area contributed by atoms with E-state index < -0.39 is 70.9 Å². The summed E-state index contributed by atoms with van der Waals surface area (Å²) in [5, 5.41) is 11.3. The van der Waals surface area contributed by atoms with Gasteiger partial charge in [-0.05, 0) is 0 Å². The van der Waals surface area contributed by atoms with Gasteiger partial charge >= 0.3 is 18.3 Å². The van der Waals surface area contributed by atoms with Crippen molar-refractivity contribution >= 4 is 11.7 Å². The van der Waals surface area contributed by atoms with Crippen LogP contribution in [0.5, 0.6) is 0 Å². The number of hydrogen-bond donors (Lipinski definition) is 0. The maximum atomic E-state index is 13.3. The molecule has 0 bridgehead atoms. The van der Waals surface area contributed by atoms with Crippen LogP contribution in [0.3, 0.4) is 0 Å². The van der Waals surface area contributed by atoms with Crippen molar-refractivity contribution in [2.75, 3.05) is 0 Å². The number of alkyl halides is 6. The van der Waals surface area contributed by atoms with E-state index in [4.69, 9.17) is 0 Å². The van der Waals surface area contributed by atoms with Gasteiger partial charge in [0.15, 0.2) is 23.3 Å². The van der Waals surface area contributed by atoms with Gasteiger partial charge in [0.2, 0.25) is 5.82 Å². The molecule has 1 aromatic rings. The number of hydrogen-bond acceptors (Lipinski definition) is 3. The standard InChI is InChI=1S/C12H3F11O3/c13-5-4(6(14)8(16)9(17)7(5)15)2(24)1-3(25)26-10(11(18,19)20)12(21,22)23/h1,10,24H/p-1/b2-1-. The molecule has 0 atom stereocenters. The van der Waals surface area contributed by atoms with Crippen LogP contribution in [0.4, 0.5) is 48.3 Å². The Hall–Kier alpha value is -2.54. The van der Waals surface area contributed by atoms with E-state index in [2.05, 4.69) is 4.74 Å². The summed E-state index contributed by atoms with van der Waals surface area (Å²) in [4.78, 5) is 11.0. The lowest BCUT2D eigenvalue weighted by molar-refractivity contribution is -0.312. The van der Waals surface area contributed by atoms with Crippen LogP contribution in [0.1, 0.15) is 5.56 Å². The third-order valence-electron chi connectivity index (χ3n) is 2.53. The van der Waals surface area contributed by atoms with Crippen LogP contribution in [-0.4, -0.2) is 24.4 Å². The highest BCUT2D eigenvalue weighted by Crippen LogP contribution is 2.36. The van der Waals surface area contributed by atoms with Crippen molar-refractivity contribution in [1.82, 2.24) is 0 Å². The number of halogens is 11. The van der Waals surface area contributed by atoms with Gasteiger partial charge in [-0.25, -0.2) is 26.7 Å². The summed E-state index contributed by atoms with van der Waals surface area (Å²) in [5.74, 6) is -18.5. The number of carbonyl (C=O) groups is 1. The molecule has 0 aliphatic heterocycles. The van der Waals surface area contributed by atoms with E-state index in [0.717, 1.165) is 0 Å². The molecule has 0 aliphatic rings. The molecule has 0 fully saturated rings. The van der Waals surface area contributed by atoms with Gasteiger partial charge in [0.05, 0.1) is 0 Å². The number of benzene rings is 1. The maximum absolute atomic E-state index is 13.3. The lowest BCUT2D eigenvalue weighted by Crippen LogP contribution is -2.45. The molecule has 0 heterocycles. The molecule has 0 spiro atoms. The quantitative estimate of drug-likeness (QED) is 0.195. The van der Waals surface area contributed by atoms with Gasteiger partial charge in [-0.15, -0.1) is 0 Å². The molecule has 14 heteroatoms. The van der Waals surface area contributed by atoms with Gasteiger partial charge in [-0.3, -0.25) is 0 Å². The molecule has 1 rings (SSSR count). The average Bonchev–Trinajstić information content (AvgIpc) is 2.46. The molecule has 0 aromatic heterocycles. The van der Waals surface area contributed by atoms with Gasteiger partial charge in [0, 0.05) is 11.6 Å². The van der Waals surface area contributed by atoms with Crippen LogP contribution in [0.2, 0.25) is 0 Å². The van der Waals surface area contributed by atoms with E-state index in [1.165, 1.54) is 0 Å². The predicted molar refractivity (Wildman–Crippen MR) is 56.2 cm³/mol. The largest absolute Gasteiger partial charge is 0.872 e. The summed E-state index contributed by atoms with van der Waals surface area (Å²) < 4.78 is 141. The second kappa shape index (κ2) is 6.99. The highest BCUT2D eigenvalue weighted by atomic mass is 19.4. The molecular weight excluding hydrogens is 401 g/mol. The zero-order valence-corrected chi connectivity index (χ0v) is 11.5. The molecule has 0 aliphatic carbocycles. The Kier molecular flexibility index (Phi) is 5.78. The highest BCUT2D eigenvalue weighted by molar-refractivity contribution is 5.89. The molecule has 0 N–H and O–H groups in total. The third kappa shape index (κ3) is 4.35. The maximum Gasteiger partial charge on any atom is 0.434 e. The van der Waals surface area contributed by atoms with Crippen molar-refractivity contribution in [2.45, 2.75) is 18.5 Å². The molecule has 26 heavy (non-hydrogen) atoms. The lowest BCUT2D eigenvalue weighted by Gasteiger charge is -2.23. The summed E-state index contributed by atoms with van der Waals surface area (Å²) in [6.45, 7) is 0. The van der Waals surface area contributed by atoms with Crippen LogP contribution in [-0.2, 0) is 9.53 Å². The minimum atomic E-state index is -6.16. The van der Waals surface area contributed by atoms with Crippen molar-refractivity contribution in [3.05, 3.63) is 40.7 Å². The Morgan fingerprint density at radius 3 is 1.50 bits per heavy atom. The first-order chi connectivity index (χ1) is 11.6. The van der Waals surface area contributed by atoms with Crippen molar-refractivity contribution < 1.29 is 62.9 Å². The molecular formula is C12H2F11O3-. The molecule has 0 amide bonds. The van der Waals surface area contributed by atoms with Crippen molar-refractivity contribution in [2.24, 2.45) is 0 Å². The minimum absolute atomic E-state index is 0.831. The predicted octanol–water partition coefficient (Wildman–Crippen LogP) is 3.12. The van der Waals surface area contributed by atoms with Gasteiger partial charge < -0.3 is 9.84 Å². The molecule has 0 unspecified atom stereocenters. The second-order valence-corrected chi connectivity index (χ2v) is 4.35. The van der Waals surface area contributed by atoms with Crippen LogP contribution in [0.25, 0.3) is 5.76 Å². The van der Waals surface area contributed by atoms with Crippen molar-refractivity contribution in [3.8, 4) is 0 Å². The molecule has 0 saturated heterocycles. The summed E-state index contributed by atoms with van der Waals surface area (Å²) >= 11 is 0. The summed E-state index contributed by atoms with van der Waals surface area (Å²) in [7, 11) is 0. The Balaban J connectivity index is 3.29. The lowest BCUT2D eigenvalue weighted by atomic mass is 10.1. The summed E-state index contributed by atoms with van der Waals surface area (Å²) in [6, 6.07) is 0. The molecule has 0 radical (unpaired) electrons. The van der Waals surface area contributed by atoms with E-state index in [9.17, 15) is 58.2 Å². The topological polar surface area (TPSA) is 49.4 Å². The Bertz CT molecular complexity index is 705. The average molecular weight is 403 g/mol. The first-order valence-corrected chi connectivity index (χ1v) is 5.83. The fraction of sp³-hybridized carbons (Fsp3) is 0.250. The van der Waals surface area contributed by atoms with Crippen LogP contribution < -0.4 is 5.11 Å². The first kappa shape index (κ1) is 21.5. The molecule has 3 nitrogen and oxygen atoms in total. The van der Waals surface area contributed by atoms with E-state index in [0.29, 0.717) is 0 Å². The number of carbonyl (C=O) groups excluding carboxylic acids is 1. The zero-order chi connectivity index (χ0) is 20.6. The zero-order valence-electron chi connectivity index (χ0n) is 11.5. The summed E-state index contributed by atoms with van der Waals surface area (Å²) in [5.41, 5.74) is -2.27. The van der Waals surface area contributed by atoms with Crippen LogP contribution in [0.15, 0.2) is 6.08 Å². The van der Waals surface area contributed by atoms with Crippen molar-refractivity contribution in [1.29, 1.82) is 0 Å². The first-order valence-electron chi connectivity index (χ1n) is 5.83. The van der Waals surface area contributed by atoms with Crippen LogP contribution >= 0.6 is 0 Å². The number of rotatable bonds is 3. The van der Waals surface area contributed by atoms with Gasteiger partial charge in [-0.1, -0.05) is 5.76 Å². The number of ether oxygens (including phenoxy) is 1. The second-order valence-electron chi connectivity index (χ2n) is 4.35. The smallest absolute Gasteiger partial charge is 0.434 e. The third-order valence-corrected chi connectivity index (χ3v) is 2.53. The fourth-order valence-electron chi connectivity index (χ4n) is 1.47. The fourth-order valence-corrected chi connectivity index (χ4v) is 1.47. The summed E-state index contributed by atoms with van der Waals surface area (Å²) in [6.07, 6.45) is -17.8. The van der Waals surface area contributed by atoms with E-state index in [1.54, 1.807) is 0 Å². The van der Waals surface area contributed by atoms with Crippen LogP contribution in [0, 0.1) is 29.1 Å². The highest BCUT2D eigenvalue weighted by Gasteiger charge is 2.59. The normalized spacial score (nSPS) is 13.3. The van der Waals surface area contributed by atoms with Gasteiger partial charge in [0.1, 0.15) is 0 Å². The molecule has 1 aromatic carbocycles.